The highest BCUT2D eigenvalue weighted by Crippen LogP contribution is 2.68. The second-order valence-corrected chi connectivity index (χ2v) is 13.9. The molecule has 0 aromatic heterocycles. The van der Waals surface area contributed by atoms with Gasteiger partial charge in [-0.15, -0.1) is 0 Å². The second kappa shape index (κ2) is 10.3. The van der Waals surface area contributed by atoms with Gasteiger partial charge in [-0.1, -0.05) is 51.1 Å². The molecule has 4 fully saturated rings. The maximum Gasteiger partial charge on any atom is 0.0602 e. The van der Waals surface area contributed by atoms with Crippen molar-refractivity contribution in [2.75, 3.05) is 13.6 Å². The van der Waals surface area contributed by atoms with Crippen LogP contribution in [0.3, 0.4) is 0 Å². The van der Waals surface area contributed by atoms with Gasteiger partial charge < -0.3 is 20.2 Å². The second-order valence-electron chi connectivity index (χ2n) is 13.9. The summed E-state index contributed by atoms with van der Waals surface area (Å²) in [6.07, 6.45) is 8.37. The van der Waals surface area contributed by atoms with Crippen LogP contribution in [0.5, 0.6) is 0 Å². The molecule has 0 spiro atoms. The molecular weight excluding hydrogens is 446 g/mol. The molecule has 4 nitrogen and oxygen atoms in total. The van der Waals surface area contributed by atoms with Crippen LogP contribution in [0.4, 0.5) is 0 Å². The molecule has 0 aliphatic heterocycles. The van der Waals surface area contributed by atoms with Gasteiger partial charge in [0, 0.05) is 6.54 Å². The van der Waals surface area contributed by atoms with Crippen molar-refractivity contribution in [1.29, 1.82) is 0 Å². The summed E-state index contributed by atoms with van der Waals surface area (Å²) in [6, 6.07) is 10.7. The van der Waals surface area contributed by atoms with Crippen molar-refractivity contribution < 1.29 is 15.3 Å². The minimum atomic E-state index is -0.283. The number of aliphatic hydroxyl groups excluding tert-OH is 3. The Balaban J connectivity index is 1.24. The molecule has 4 saturated carbocycles. The molecule has 1 aromatic carbocycles. The SMILES string of the molecule is C[C@@H](CCCN(C)Cc1ccccc1)[C@H]1CC[C@H]2C3[C@H](O)CC4C[C@H](O)CC[C@]4(C)[C@H]3C[C@H](O)[C@]12C. The van der Waals surface area contributed by atoms with Crippen molar-refractivity contribution in [2.45, 2.75) is 103 Å². The van der Waals surface area contributed by atoms with Crippen molar-refractivity contribution in [2.24, 2.45) is 46.3 Å². The zero-order chi connectivity index (χ0) is 25.7. The summed E-state index contributed by atoms with van der Waals surface area (Å²) in [5.74, 6) is 2.61. The number of hydrogen-bond donors (Lipinski definition) is 3. The number of benzene rings is 1. The van der Waals surface area contributed by atoms with Crippen LogP contribution in [-0.2, 0) is 6.54 Å². The first-order valence-electron chi connectivity index (χ1n) is 14.9. The molecule has 4 aliphatic rings. The van der Waals surface area contributed by atoms with Crippen molar-refractivity contribution in [1.82, 2.24) is 4.90 Å². The lowest BCUT2D eigenvalue weighted by atomic mass is 9.43. The van der Waals surface area contributed by atoms with E-state index in [1.165, 1.54) is 24.8 Å². The highest BCUT2D eigenvalue weighted by Gasteiger charge is 2.65. The Morgan fingerprint density at radius 2 is 1.72 bits per heavy atom. The molecule has 11 atom stereocenters. The van der Waals surface area contributed by atoms with Crippen LogP contribution >= 0.6 is 0 Å². The van der Waals surface area contributed by atoms with Crippen LogP contribution in [0.1, 0.15) is 84.1 Å². The van der Waals surface area contributed by atoms with Gasteiger partial charge in [0.25, 0.3) is 0 Å². The summed E-state index contributed by atoms with van der Waals surface area (Å²) in [5.41, 5.74) is 1.43. The first-order chi connectivity index (χ1) is 17.1. The van der Waals surface area contributed by atoms with Gasteiger partial charge in [0.1, 0.15) is 0 Å². The van der Waals surface area contributed by atoms with E-state index < -0.39 is 0 Å². The lowest BCUT2D eigenvalue weighted by Crippen LogP contribution is -2.62. The van der Waals surface area contributed by atoms with Gasteiger partial charge >= 0.3 is 0 Å². The first kappa shape index (κ1) is 26.7. The maximum atomic E-state index is 11.8. The van der Waals surface area contributed by atoms with E-state index >= 15 is 0 Å². The van der Waals surface area contributed by atoms with Crippen LogP contribution in [-0.4, -0.2) is 52.1 Å². The van der Waals surface area contributed by atoms with Crippen molar-refractivity contribution in [3.8, 4) is 0 Å². The molecule has 0 saturated heterocycles. The minimum absolute atomic E-state index is 0.0884. The number of nitrogens with zero attached hydrogens (tertiary/aromatic N) is 1. The Bertz CT molecular complexity index is 877. The van der Waals surface area contributed by atoms with Gasteiger partial charge in [-0.05, 0) is 123 Å². The monoisotopic (exact) mass is 497 g/mol. The quantitative estimate of drug-likeness (QED) is 0.466. The Morgan fingerprint density at radius 3 is 2.47 bits per heavy atom. The Kier molecular flexibility index (Phi) is 7.64. The van der Waals surface area contributed by atoms with Crippen LogP contribution in [0.2, 0.25) is 0 Å². The molecule has 1 aromatic rings. The van der Waals surface area contributed by atoms with E-state index in [9.17, 15) is 15.3 Å². The normalized spacial score (nSPS) is 45.1. The molecule has 0 bridgehead atoms. The molecule has 0 radical (unpaired) electrons. The summed E-state index contributed by atoms with van der Waals surface area (Å²) >= 11 is 0. The number of aliphatic hydroxyl groups is 3. The fraction of sp³-hybridized carbons (Fsp3) is 0.812. The third kappa shape index (κ3) is 4.59. The predicted octanol–water partition coefficient (Wildman–Crippen LogP) is 5.50. The van der Waals surface area contributed by atoms with Gasteiger partial charge in [0.15, 0.2) is 0 Å². The van der Waals surface area contributed by atoms with E-state index in [1.807, 2.05) is 0 Å². The standard InChI is InChI=1S/C32H51NO3/c1-21(9-8-16-33(4)20-22-10-6-5-7-11-22)25-12-13-26-30-27(19-29(36)32(25,26)3)31(2)15-14-24(34)17-23(31)18-28(30)35/h5-7,10-11,21,23-30,34-36H,8-9,12-20H2,1-4H3/t21-,23?,24+,25+,26-,27-,28+,29-,30?,31-,32+/m0/s1. The fourth-order valence-electron chi connectivity index (χ4n) is 9.99. The molecule has 202 valence electrons. The molecule has 0 heterocycles. The third-order valence-corrected chi connectivity index (χ3v) is 12.0. The van der Waals surface area contributed by atoms with Gasteiger partial charge in [-0.3, -0.25) is 0 Å². The smallest absolute Gasteiger partial charge is 0.0602 e. The molecule has 4 aliphatic carbocycles. The van der Waals surface area contributed by atoms with Crippen molar-refractivity contribution in [3.63, 3.8) is 0 Å². The molecule has 4 heteroatoms. The van der Waals surface area contributed by atoms with E-state index in [4.69, 9.17) is 0 Å². The van der Waals surface area contributed by atoms with Gasteiger partial charge in [0.05, 0.1) is 18.3 Å². The number of hydrogen-bond acceptors (Lipinski definition) is 4. The molecule has 5 rings (SSSR count). The van der Waals surface area contributed by atoms with Crippen molar-refractivity contribution >= 4 is 0 Å². The molecule has 0 amide bonds. The molecular formula is C32H51NO3. The Hall–Kier alpha value is -0.940. The summed E-state index contributed by atoms with van der Waals surface area (Å²) < 4.78 is 0. The topological polar surface area (TPSA) is 63.9 Å². The zero-order valence-corrected chi connectivity index (χ0v) is 23.1. The highest BCUT2D eigenvalue weighted by molar-refractivity contribution is 5.15. The summed E-state index contributed by atoms with van der Waals surface area (Å²) in [7, 11) is 2.22. The zero-order valence-electron chi connectivity index (χ0n) is 23.1. The third-order valence-electron chi connectivity index (χ3n) is 12.0. The maximum absolute atomic E-state index is 11.8. The summed E-state index contributed by atoms with van der Waals surface area (Å²) in [4.78, 5) is 2.43. The summed E-state index contributed by atoms with van der Waals surface area (Å²) in [6.45, 7) is 9.31. The van der Waals surface area contributed by atoms with Crippen LogP contribution in [0.15, 0.2) is 30.3 Å². The Labute approximate surface area is 219 Å². The first-order valence-corrected chi connectivity index (χ1v) is 14.9. The molecule has 3 N–H and O–H groups in total. The van der Waals surface area contributed by atoms with E-state index in [-0.39, 0.29) is 29.1 Å². The lowest BCUT2D eigenvalue weighted by Gasteiger charge is -2.63. The predicted molar refractivity (Wildman–Crippen MR) is 145 cm³/mol. The van der Waals surface area contributed by atoms with Crippen LogP contribution < -0.4 is 0 Å². The highest BCUT2D eigenvalue weighted by atomic mass is 16.3. The van der Waals surface area contributed by atoms with E-state index in [0.29, 0.717) is 35.5 Å². The minimum Gasteiger partial charge on any atom is -0.393 e. The largest absolute Gasteiger partial charge is 0.393 e. The van der Waals surface area contributed by atoms with Crippen LogP contribution in [0.25, 0.3) is 0 Å². The fourth-order valence-corrected chi connectivity index (χ4v) is 9.99. The molecule has 2 unspecified atom stereocenters. The molecule has 36 heavy (non-hydrogen) atoms. The average Bonchev–Trinajstić information content (AvgIpc) is 3.20. The number of fused-ring (bicyclic) bond motifs is 5. The average molecular weight is 498 g/mol. The van der Waals surface area contributed by atoms with E-state index in [0.717, 1.165) is 51.6 Å². The van der Waals surface area contributed by atoms with E-state index in [1.54, 1.807) is 0 Å². The van der Waals surface area contributed by atoms with E-state index in [2.05, 4.69) is 63.1 Å². The Morgan fingerprint density at radius 1 is 0.972 bits per heavy atom. The van der Waals surface area contributed by atoms with Crippen LogP contribution in [0, 0.1) is 46.3 Å². The summed E-state index contributed by atoms with van der Waals surface area (Å²) in [5, 5.41) is 33.6. The van der Waals surface area contributed by atoms with Gasteiger partial charge in [-0.25, -0.2) is 0 Å². The number of rotatable bonds is 7. The van der Waals surface area contributed by atoms with Gasteiger partial charge in [0.2, 0.25) is 0 Å². The van der Waals surface area contributed by atoms with Crippen molar-refractivity contribution in [3.05, 3.63) is 35.9 Å². The van der Waals surface area contributed by atoms with Gasteiger partial charge in [-0.2, -0.15) is 0 Å². The lowest BCUT2D eigenvalue weighted by molar-refractivity contribution is -0.207.